The third kappa shape index (κ3) is 3.72. The fraction of sp³-hybridized carbons (Fsp3) is 0.500. The number of alkyl halides is 3. The van der Waals surface area contributed by atoms with Crippen LogP contribution in [0.15, 0.2) is 24.7 Å². The molecule has 0 amide bonds. The minimum Gasteiger partial charge on any atom is -0.404 e. The molecule has 0 bridgehead atoms. The number of halogens is 3. The van der Waals surface area contributed by atoms with Gasteiger partial charge < -0.3 is 14.2 Å². The summed E-state index contributed by atoms with van der Waals surface area (Å²) in [7, 11) is 1.92. The first-order chi connectivity index (χ1) is 10.9. The second kappa shape index (κ2) is 6.05. The molecule has 1 fully saturated rings. The van der Waals surface area contributed by atoms with Gasteiger partial charge in [-0.3, -0.25) is 0 Å². The Morgan fingerprint density at radius 1 is 1.22 bits per heavy atom. The third-order valence-corrected chi connectivity index (χ3v) is 3.88. The van der Waals surface area contributed by atoms with Crippen molar-refractivity contribution in [3.63, 3.8) is 0 Å². The van der Waals surface area contributed by atoms with E-state index in [1.165, 1.54) is 6.07 Å². The van der Waals surface area contributed by atoms with Gasteiger partial charge in [-0.25, -0.2) is 4.98 Å². The summed E-state index contributed by atoms with van der Waals surface area (Å²) in [5.74, 6) is 1.64. The molecule has 0 N–H and O–H groups in total. The van der Waals surface area contributed by atoms with Crippen molar-refractivity contribution in [3.8, 4) is 5.75 Å². The first kappa shape index (κ1) is 15.6. The first-order valence-corrected chi connectivity index (χ1v) is 7.23. The molecular formula is C14H16F3N5O. The lowest BCUT2D eigenvalue weighted by Gasteiger charge is -2.32. The van der Waals surface area contributed by atoms with Gasteiger partial charge in [-0.2, -0.15) is 0 Å². The highest BCUT2D eigenvalue weighted by Gasteiger charge is 2.31. The lowest BCUT2D eigenvalue weighted by atomic mass is 9.96. The zero-order valence-electron chi connectivity index (χ0n) is 12.5. The molecule has 1 aliphatic heterocycles. The molecule has 2 aromatic heterocycles. The molecule has 0 radical (unpaired) electrons. The van der Waals surface area contributed by atoms with Crippen molar-refractivity contribution in [2.24, 2.45) is 7.05 Å². The zero-order valence-corrected chi connectivity index (χ0v) is 12.5. The standard InChI is InChI=1S/C14H16F3N5O/c1-21-9-19-20-13(21)10-4-6-22(7-5-10)12-3-2-11(8-18-12)23-14(15,16)17/h2-3,8-10H,4-7H2,1H3. The number of nitrogens with zero attached hydrogens (tertiary/aromatic N) is 5. The zero-order chi connectivity index (χ0) is 16.4. The van der Waals surface area contributed by atoms with Crippen molar-refractivity contribution in [2.45, 2.75) is 25.1 Å². The molecule has 9 heteroatoms. The number of anilines is 1. The van der Waals surface area contributed by atoms with Gasteiger partial charge in [0.1, 0.15) is 23.7 Å². The van der Waals surface area contributed by atoms with Crippen LogP contribution in [0.5, 0.6) is 5.75 Å². The molecule has 1 aliphatic rings. The number of piperidine rings is 1. The minimum atomic E-state index is -4.70. The summed E-state index contributed by atoms with van der Waals surface area (Å²) >= 11 is 0. The SMILES string of the molecule is Cn1cnnc1C1CCN(c2ccc(OC(F)(F)F)cn2)CC1. The minimum absolute atomic E-state index is 0.310. The molecule has 6 nitrogen and oxygen atoms in total. The maximum Gasteiger partial charge on any atom is 0.573 e. The van der Waals surface area contributed by atoms with E-state index in [1.54, 1.807) is 12.4 Å². The van der Waals surface area contributed by atoms with Crippen molar-refractivity contribution >= 4 is 5.82 Å². The van der Waals surface area contributed by atoms with E-state index < -0.39 is 6.36 Å². The molecule has 0 spiro atoms. The van der Waals surface area contributed by atoms with Gasteiger partial charge in [0.2, 0.25) is 0 Å². The number of aromatic nitrogens is 4. The van der Waals surface area contributed by atoms with E-state index in [1.807, 2.05) is 16.5 Å². The van der Waals surface area contributed by atoms with Crippen molar-refractivity contribution in [3.05, 3.63) is 30.5 Å². The fourth-order valence-corrected chi connectivity index (χ4v) is 2.78. The molecule has 0 atom stereocenters. The highest BCUT2D eigenvalue weighted by Crippen LogP contribution is 2.29. The molecular weight excluding hydrogens is 311 g/mol. The highest BCUT2D eigenvalue weighted by molar-refractivity contribution is 5.41. The van der Waals surface area contributed by atoms with Crippen LogP contribution in [0.1, 0.15) is 24.6 Å². The van der Waals surface area contributed by atoms with Crippen LogP contribution in [0.4, 0.5) is 19.0 Å². The van der Waals surface area contributed by atoms with Crippen molar-refractivity contribution < 1.29 is 17.9 Å². The van der Waals surface area contributed by atoms with Gasteiger partial charge >= 0.3 is 6.36 Å². The van der Waals surface area contributed by atoms with Crippen LogP contribution in [-0.4, -0.2) is 39.2 Å². The van der Waals surface area contributed by atoms with E-state index in [0.29, 0.717) is 11.7 Å². The second-order valence-corrected chi connectivity index (χ2v) is 5.46. The fourth-order valence-electron chi connectivity index (χ4n) is 2.78. The van der Waals surface area contributed by atoms with Crippen molar-refractivity contribution in [1.82, 2.24) is 19.7 Å². The van der Waals surface area contributed by atoms with Crippen LogP contribution in [0.3, 0.4) is 0 Å². The maximum atomic E-state index is 12.1. The molecule has 0 saturated carbocycles. The normalized spacial score (nSPS) is 16.6. The van der Waals surface area contributed by atoms with Crippen molar-refractivity contribution in [1.29, 1.82) is 0 Å². The number of hydrogen-bond donors (Lipinski definition) is 0. The summed E-state index contributed by atoms with van der Waals surface area (Å²) in [5.41, 5.74) is 0. The predicted octanol–water partition coefficient (Wildman–Crippen LogP) is 2.49. The Balaban J connectivity index is 1.60. The van der Waals surface area contributed by atoms with E-state index in [2.05, 4.69) is 19.9 Å². The Morgan fingerprint density at radius 2 is 1.96 bits per heavy atom. The van der Waals surface area contributed by atoms with Gasteiger partial charge in [0, 0.05) is 26.1 Å². The Labute approximate surface area is 130 Å². The monoisotopic (exact) mass is 327 g/mol. The number of rotatable bonds is 3. The molecule has 1 saturated heterocycles. The topological polar surface area (TPSA) is 56.1 Å². The number of hydrogen-bond acceptors (Lipinski definition) is 5. The summed E-state index contributed by atoms with van der Waals surface area (Å²) in [5, 5.41) is 8.03. The van der Waals surface area contributed by atoms with E-state index in [-0.39, 0.29) is 5.75 Å². The molecule has 3 heterocycles. The van der Waals surface area contributed by atoms with E-state index in [4.69, 9.17) is 0 Å². The Kier molecular flexibility index (Phi) is 4.10. The largest absolute Gasteiger partial charge is 0.573 e. The number of aryl methyl sites for hydroxylation is 1. The van der Waals surface area contributed by atoms with Crippen LogP contribution < -0.4 is 9.64 Å². The molecule has 0 unspecified atom stereocenters. The summed E-state index contributed by atoms with van der Waals surface area (Å²) < 4.78 is 42.1. The van der Waals surface area contributed by atoms with E-state index in [0.717, 1.165) is 38.0 Å². The molecule has 0 aromatic carbocycles. The highest BCUT2D eigenvalue weighted by atomic mass is 19.4. The Morgan fingerprint density at radius 3 is 2.48 bits per heavy atom. The summed E-state index contributed by atoms with van der Waals surface area (Å²) in [6, 6.07) is 2.83. The van der Waals surface area contributed by atoms with Crippen LogP contribution in [0, 0.1) is 0 Å². The summed E-state index contributed by atoms with van der Waals surface area (Å²) in [6.07, 6.45) is -0.123. The lowest BCUT2D eigenvalue weighted by Crippen LogP contribution is -2.34. The van der Waals surface area contributed by atoms with Gasteiger partial charge in [0.25, 0.3) is 0 Å². The summed E-state index contributed by atoms with van der Waals surface area (Å²) in [6.45, 7) is 1.54. The summed E-state index contributed by atoms with van der Waals surface area (Å²) in [4.78, 5) is 6.11. The van der Waals surface area contributed by atoms with Crippen LogP contribution in [0.25, 0.3) is 0 Å². The molecule has 0 aliphatic carbocycles. The third-order valence-electron chi connectivity index (χ3n) is 3.88. The quantitative estimate of drug-likeness (QED) is 0.867. The number of pyridine rings is 1. The maximum absolute atomic E-state index is 12.1. The van der Waals surface area contributed by atoms with Gasteiger partial charge in [0.15, 0.2) is 0 Å². The lowest BCUT2D eigenvalue weighted by molar-refractivity contribution is -0.274. The Hall–Kier alpha value is -2.32. The first-order valence-electron chi connectivity index (χ1n) is 7.23. The van der Waals surface area contributed by atoms with E-state index >= 15 is 0 Å². The van der Waals surface area contributed by atoms with Crippen LogP contribution >= 0.6 is 0 Å². The molecule has 23 heavy (non-hydrogen) atoms. The smallest absolute Gasteiger partial charge is 0.404 e. The van der Waals surface area contributed by atoms with Crippen LogP contribution in [-0.2, 0) is 7.05 Å². The predicted molar refractivity (Wildman–Crippen MR) is 76.1 cm³/mol. The molecule has 124 valence electrons. The van der Waals surface area contributed by atoms with Crippen molar-refractivity contribution in [2.75, 3.05) is 18.0 Å². The van der Waals surface area contributed by atoms with Gasteiger partial charge in [-0.05, 0) is 25.0 Å². The van der Waals surface area contributed by atoms with Gasteiger partial charge in [0.05, 0.1) is 6.20 Å². The average Bonchev–Trinajstić information content (AvgIpc) is 2.93. The van der Waals surface area contributed by atoms with Gasteiger partial charge in [-0.1, -0.05) is 0 Å². The average molecular weight is 327 g/mol. The Bertz CT molecular complexity index is 647. The van der Waals surface area contributed by atoms with Gasteiger partial charge in [-0.15, -0.1) is 23.4 Å². The van der Waals surface area contributed by atoms with E-state index in [9.17, 15) is 13.2 Å². The second-order valence-electron chi connectivity index (χ2n) is 5.46. The number of ether oxygens (including phenoxy) is 1. The molecule has 3 rings (SSSR count). The molecule has 2 aromatic rings. The van der Waals surface area contributed by atoms with Crippen LogP contribution in [0.2, 0.25) is 0 Å².